The smallest absolute Gasteiger partial charge is 0.339 e. The van der Waals surface area contributed by atoms with Gasteiger partial charge in [-0.3, -0.25) is 0 Å². The van der Waals surface area contributed by atoms with Gasteiger partial charge in [-0.15, -0.1) is 0 Å². The van der Waals surface area contributed by atoms with Crippen LogP contribution in [0.3, 0.4) is 0 Å². The van der Waals surface area contributed by atoms with Crippen LogP contribution in [0, 0.1) is 0 Å². The molecule has 1 rings (SSSR count). The van der Waals surface area contributed by atoms with E-state index < -0.39 is 5.97 Å². The summed E-state index contributed by atoms with van der Waals surface area (Å²) in [6, 6.07) is 6.50. The molecule has 74 valence electrons. The summed E-state index contributed by atoms with van der Waals surface area (Å²) in [4.78, 5) is 10.7. The third-order valence-electron chi connectivity index (χ3n) is 1.47. The zero-order valence-electron chi connectivity index (χ0n) is 7.47. The average molecular weight is 274 g/mol. The van der Waals surface area contributed by atoms with E-state index in [-0.39, 0.29) is 26.6 Å². The molecule has 0 amide bonds. The van der Waals surface area contributed by atoms with Crippen molar-refractivity contribution in [2.24, 2.45) is 0 Å². The maximum absolute atomic E-state index is 10.7. The van der Waals surface area contributed by atoms with Crippen LogP contribution in [0.1, 0.15) is 10.4 Å². The first-order valence-electron chi connectivity index (χ1n) is 3.81. The molecule has 0 saturated heterocycles. The normalized spacial score (nSPS) is 8.57. The maximum Gasteiger partial charge on any atom is 0.339 e. The molecule has 0 heterocycles. The molecule has 14 heavy (non-hydrogen) atoms. The molecule has 0 aliphatic rings. The zero-order valence-corrected chi connectivity index (χ0v) is 9.48. The molecule has 3 nitrogen and oxygen atoms in total. The van der Waals surface area contributed by atoms with E-state index in [1.165, 1.54) is 6.07 Å². The Morgan fingerprint density at radius 2 is 2.14 bits per heavy atom. The van der Waals surface area contributed by atoms with Crippen molar-refractivity contribution in [3.8, 4) is 5.75 Å². The van der Waals surface area contributed by atoms with E-state index in [0.717, 1.165) is 0 Å². The number of rotatable bonds is 4. The Labute approximate surface area is 96.7 Å². The minimum Gasteiger partial charge on any atom is -0.489 e. The van der Waals surface area contributed by atoms with E-state index >= 15 is 0 Å². The number of benzene rings is 1. The largest absolute Gasteiger partial charge is 0.489 e. The van der Waals surface area contributed by atoms with Crippen molar-refractivity contribution in [1.82, 2.24) is 0 Å². The van der Waals surface area contributed by atoms with Crippen LogP contribution in [0.15, 0.2) is 36.9 Å². The summed E-state index contributed by atoms with van der Waals surface area (Å²) < 4.78 is 5.15. The Balaban J connectivity index is 0.00000169. The summed E-state index contributed by atoms with van der Waals surface area (Å²) in [5.41, 5.74) is 0.171. The Kier molecular flexibility index (Phi) is 5.89. The molecule has 0 aliphatic heterocycles. The van der Waals surface area contributed by atoms with Crippen molar-refractivity contribution < 1.29 is 35.7 Å². The Hall–Kier alpha value is -1.08. The fourth-order valence-corrected chi connectivity index (χ4v) is 0.918. The number of hydrogen-bond donors (Lipinski definition) is 1. The number of para-hydroxylation sites is 1. The Morgan fingerprint density at radius 3 is 2.71 bits per heavy atom. The van der Waals surface area contributed by atoms with Gasteiger partial charge in [-0.05, 0) is 12.1 Å². The van der Waals surface area contributed by atoms with Gasteiger partial charge in [0.15, 0.2) is 0 Å². The van der Waals surface area contributed by atoms with E-state index in [1.54, 1.807) is 24.3 Å². The molecule has 1 aromatic carbocycles. The van der Waals surface area contributed by atoms with Crippen LogP contribution in [0.4, 0.5) is 0 Å². The molecule has 0 atom stereocenters. The number of aromatic carboxylic acids is 1. The van der Waals surface area contributed by atoms with Crippen molar-refractivity contribution in [1.29, 1.82) is 0 Å². The first-order valence-corrected chi connectivity index (χ1v) is 3.81. The number of hydrogen-bond acceptors (Lipinski definition) is 2. The standard InChI is InChI=1S/C10H10O3.Mo/c1-2-7-13-9-6-4-3-5-8(9)10(11)12;/h2-6H,1,7H2,(H,11,12);. The summed E-state index contributed by atoms with van der Waals surface area (Å²) in [6.07, 6.45) is 1.57. The third kappa shape index (κ3) is 3.35. The van der Waals surface area contributed by atoms with E-state index in [2.05, 4.69) is 6.58 Å². The zero-order chi connectivity index (χ0) is 9.68. The predicted octanol–water partition coefficient (Wildman–Crippen LogP) is 1.95. The fourth-order valence-electron chi connectivity index (χ4n) is 0.918. The van der Waals surface area contributed by atoms with Gasteiger partial charge >= 0.3 is 5.97 Å². The van der Waals surface area contributed by atoms with Gasteiger partial charge in [0.1, 0.15) is 17.9 Å². The predicted molar refractivity (Wildman–Crippen MR) is 49.1 cm³/mol. The molecule has 4 heteroatoms. The van der Waals surface area contributed by atoms with Gasteiger partial charge in [0.2, 0.25) is 0 Å². The average Bonchev–Trinajstić information content (AvgIpc) is 2.15. The SMILES string of the molecule is C=CCOc1ccccc1C(=O)O.[Mo]. The second-order valence-electron chi connectivity index (χ2n) is 2.40. The molecule has 0 unspecified atom stereocenters. The van der Waals surface area contributed by atoms with Crippen LogP contribution in [0.5, 0.6) is 5.75 Å². The minimum absolute atomic E-state index is 0. The quantitative estimate of drug-likeness (QED) is 0.674. The summed E-state index contributed by atoms with van der Waals surface area (Å²) in [5.74, 6) is -0.616. The molecular weight excluding hydrogens is 264 g/mol. The van der Waals surface area contributed by atoms with Crippen LogP contribution in [0.25, 0.3) is 0 Å². The number of ether oxygens (including phenoxy) is 1. The third-order valence-corrected chi connectivity index (χ3v) is 1.47. The molecule has 0 fully saturated rings. The van der Waals surface area contributed by atoms with Gasteiger partial charge in [-0.25, -0.2) is 4.79 Å². The molecule has 0 spiro atoms. The second kappa shape index (κ2) is 6.38. The second-order valence-corrected chi connectivity index (χ2v) is 2.40. The van der Waals surface area contributed by atoms with Gasteiger partial charge < -0.3 is 9.84 Å². The Morgan fingerprint density at radius 1 is 1.50 bits per heavy atom. The molecule has 1 N–H and O–H groups in total. The summed E-state index contributed by atoms with van der Waals surface area (Å²) in [5, 5.41) is 8.76. The van der Waals surface area contributed by atoms with Crippen LogP contribution < -0.4 is 4.74 Å². The molecular formula is C10H10MoO3. The molecule has 1 aromatic rings. The van der Waals surface area contributed by atoms with Crippen molar-refractivity contribution in [2.75, 3.05) is 6.61 Å². The van der Waals surface area contributed by atoms with Crippen LogP contribution in [-0.2, 0) is 21.1 Å². The molecule has 0 aliphatic carbocycles. The fraction of sp³-hybridized carbons (Fsp3) is 0.100. The monoisotopic (exact) mass is 276 g/mol. The van der Waals surface area contributed by atoms with Gasteiger partial charge in [0.05, 0.1) is 0 Å². The topological polar surface area (TPSA) is 46.5 Å². The molecule has 0 aromatic heterocycles. The molecule has 0 radical (unpaired) electrons. The van der Waals surface area contributed by atoms with Gasteiger partial charge in [0, 0.05) is 21.1 Å². The van der Waals surface area contributed by atoms with Crippen molar-refractivity contribution in [2.45, 2.75) is 0 Å². The summed E-state index contributed by atoms with van der Waals surface area (Å²) in [7, 11) is 0. The first-order chi connectivity index (χ1) is 6.25. The van der Waals surface area contributed by atoms with Crippen LogP contribution in [0.2, 0.25) is 0 Å². The van der Waals surface area contributed by atoms with Crippen LogP contribution in [-0.4, -0.2) is 17.7 Å². The van der Waals surface area contributed by atoms with E-state index in [0.29, 0.717) is 12.4 Å². The van der Waals surface area contributed by atoms with E-state index in [9.17, 15) is 4.79 Å². The summed E-state index contributed by atoms with van der Waals surface area (Å²) in [6.45, 7) is 3.79. The van der Waals surface area contributed by atoms with Crippen molar-refractivity contribution >= 4 is 5.97 Å². The molecule has 0 saturated carbocycles. The Bertz CT molecular complexity index is 323. The van der Waals surface area contributed by atoms with Crippen LogP contribution >= 0.6 is 0 Å². The summed E-state index contributed by atoms with van der Waals surface area (Å²) >= 11 is 0. The van der Waals surface area contributed by atoms with Gasteiger partial charge in [-0.2, -0.15) is 0 Å². The maximum atomic E-state index is 10.7. The van der Waals surface area contributed by atoms with Crippen molar-refractivity contribution in [3.05, 3.63) is 42.5 Å². The van der Waals surface area contributed by atoms with E-state index in [4.69, 9.17) is 9.84 Å². The minimum atomic E-state index is -0.986. The number of carboxylic acids is 1. The van der Waals surface area contributed by atoms with Gasteiger partial charge in [0.25, 0.3) is 0 Å². The number of carboxylic acid groups (broad SMARTS) is 1. The molecule has 0 bridgehead atoms. The van der Waals surface area contributed by atoms with E-state index in [1.807, 2.05) is 0 Å². The number of carbonyl (C=O) groups is 1. The van der Waals surface area contributed by atoms with Gasteiger partial charge in [-0.1, -0.05) is 24.8 Å². The first kappa shape index (κ1) is 12.9. The van der Waals surface area contributed by atoms with Crippen molar-refractivity contribution in [3.63, 3.8) is 0 Å².